The van der Waals surface area contributed by atoms with Crippen molar-refractivity contribution in [3.8, 4) is 23.1 Å². The highest BCUT2D eigenvalue weighted by atomic mass is 35.5. The van der Waals surface area contributed by atoms with Crippen molar-refractivity contribution in [2.75, 3.05) is 0 Å². The van der Waals surface area contributed by atoms with Crippen LogP contribution in [0.25, 0.3) is 11.4 Å². The summed E-state index contributed by atoms with van der Waals surface area (Å²) in [6, 6.07) is 21.5. The van der Waals surface area contributed by atoms with Crippen LogP contribution in [0, 0.1) is 19.7 Å². The first-order valence-corrected chi connectivity index (χ1v) is 11.8. The quantitative estimate of drug-likeness (QED) is 0.252. The Morgan fingerprint density at radius 2 is 1.26 bits per heavy atom. The maximum atomic E-state index is 15.3. The van der Waals surface area contributed by atoms with Crippen LogP contribution in [0.2, 0.25) is 10.0 Å². The fourth-order valence-corrected chi connectivity index (χ4v) is 5.09. The molecule has 0 radical (unpaired) electrons. The molecule has 0 saturated heterocycles. The van der Waals surface area contributed by atoms with Crippen molar-refractivity contribution < 1.29 is 9.13 Å². The third kappa shape index (κ3) is 3.52. The molecule has 0 bridgehead atoms. The number of aromatic nitrogens is 4. The first-order valence-electron chi connectivity index (χ1n) is 11.1. The number of hydrogen-bond acceptors (Lipinski definition) is 3. The summed E-state index contributed by atoms with van der Waals surface area (Å²) in [5.41, 5.74) is 5.04. The molecule has 6 rings (SSSR count). The summed E-state index contributed by atoms with van der Waals surface area (Å²) in [6.45, 7) is 3.80. The minimum Gasteiger partial charge on any atom is -0.420 e. The molecule has 0 saturated carbocycles. The lowest BCUT2D eigenvalue weighted by Gasteiger charge is -2.26. The van der Waals surface area contributed by atoms with Crippen molar-refractivity contribution in [2.45, 2.75) is 19.8 Å². The standard InChI is InChI=1S/C27H19Cl2FN4O/c1-15-23-25(21-11-3-4-12-22(21)30)24-16(2)32-34(20-10-6-8-18(29)14-20)27(24)35-26(23)33(31-15)19-9-5-7-17(28)13-19/h3-14,25H,1-2H3. The van der Waals surface area contributed by atoms with E-state index < -0.39 is 5.92 Å². The van der Waals surface area contributed by atoms with Crippen LogP contribution in [0.4, 0.5) is 4.39 Å². The van der Waals surface area contributed by atoms with Crippen molar-refractivity contribution in [3.63, 3.8) is 0 Å². The lowest BCUT2D eigenvalue weighted by Crippen LogP contribution is -2.15. The number of rotatable bonds is 3. The first kappa shape index (κ1) is 21.9. The molecular formula is C27H19Cl2FN4O. The Morgan fingerprint density at radius 3 is 1.74 bits per heavy atom. The summed E-state index contributed by atoms with van der Waals surface area (Å²) in [5.74, 6) is 0.222. The first-order chi connectivity index (χ1) is 16.9. The molecule has 1 aliphatic heterocycles. The summed E-state index contributed by atoms with van der Waals surface area (Å²) in [5, 5.41) is 10.7. The number of aryl methyl sites for hydroxylation is 2. The van der Waals surface area contributed by atoms with E-state index in [0.29, 0.717) is 27.4 Å². The Morgan fingerprint density at radius 1 is 0.743 bits per heavy atom. The normalized spacial score (nSPS) is 12.8. The van der Waals surface area contributed by atoms with Gasteiger partial charge >= 0.3 is 0 Å². The molecule has 5 nitrogen and oxygen atoms in total. The second-order valence-corrected chi connectivity index (χ2v) is 9.32. The SMILES string of the molecule is Cc1nn(-c2cccc(Cl)c2)c2c1C(c1ccccc1F)c1c(C)nn(-c3cccc(Cl)c3)c1O2. The van der Waals surface area contributed by atoms with E-state index in [1.54, 1.807) is 33.6 Å². The number of fused-ring (bicyclic) bond motifs is 2. The lowest BCUT2D eigenvalue weighted by atomic mass is 9.83. The molecule has 0 unspecified atom stereocenters. The highest BCUT2D eigenvalue weighted by Gasteiger charge is 2.40. The van der Waals surface area contributed by atoms with Gasteiger partial charge in [-0.15, -0.1) is 0 Å². The maximum Gasteiger partial charge on any atom is 0.229 e. The maximum absolute atomic E-state index is 15.3. The van der Waals surface area contributed by atoms with Crippen molar-refractivity contribution in [2.24, 2.45) is 0 Å². The smallest absolute Gasteiger partial charge is 0.229 e. The van der Waals surface area contributed by atoms with E-state index in [1.165, 1.54) is 6.07 Å². The van der Waals surface area contributed by atoms with Crippen LogP contribution in [0.3, 0.4) is 0 Å². The molecule has 35 heavy (non-hydrogen) atoms. The number of benzene rings is 3. The van der Waals surface area contributed by atoms with E-state index in [2.05, 4.69) is 0 Å². The molecule has 0 aliphatic carbocycles. The van der Waals surface area contributed by atoms with Gasteiger partial charge in [-0.05, 0) is 56.3 Å². The van der Waals surface area contributed by atoms with Gasteiger partial charge in [0.1, 0.15) is 5.82 Å². The molecule has 3 aromatic carbocycles. The van der Waals surface area contributed by atoms with Crippen LogP contribution in [0.15, 0.2) is 72.8 Å². The minimum absolute atomic E-state index is 0.305. The van der Waals surface area contributed by atoms with Crippen molar-refractivity contribution >= 4 is 23.2 Å². The van der Waals surface area contributed by atoms with Crippen molar-refractivity contribution in [3.05, 3.63) is 117 Å². The van der Waals surface area contributed by atoms with E-state index in [1.807, 2.05) is 56.3 Å². The van der Waals surface area contributed by atoms with E-state index in [9.17, 15) is 0 Å². The Bertz CT molecular complexity index is 1510. The van der Waals surface area contributed by atoms with Gasteiger partial charge in [-0.1, -0.05) is 53.5 Å². The van der Waals surface area contributed by atoms with Crippen LogP contribution in [-0.4, -0.2) is 19.6 Å². The molecule has 0 N–H and O–H groups in total. The zero-order valence-electron chi connectivity index (χ0n) is 18.8. The van der Waals surface area contributed by atoms with Gasteiger partial charge in [-0.3, -0.25) is 0 Å². The third-order valence-electron chi connectivity index (χ3n) is 6.22. The fraction of sp³-hybridized carbons (Fsp3) is 0.111. The highest BCUT2D eigenvalue weighted by molar-refractivity contribution is 6.31. The number of hydrogen-bond donors (Lipinski definition) is 0. The van der Waals surface area contributed by atoms with Gasteiger partial charge in [-0.25, -0.2) is 13.8 Å². The molecule has 3 heterocycles. The van der Waals surface area contributed by atoms with Gasteiger partial charge in [-0.2, -0.15) is 10.2 Å². The fourth-order valence-electron chi connectivity index (χ4n) is 4.72. The van der Waals surface area contributed by atoms with Gasteiger partial charge in [0, 0.05) is 15.6 Å². The van der Waals surface area contributed by atoms with Gasteiger partial charge in [0.2, 0.25) is 11.8 Å². The average molecular weight is 505 g/mol. The van der Waals surface area contributed by atoms with E-state index in [0.717, 1.165) is 33.9 Å². The van der Waals surface area contributed by atoms with Gasteiger partial charge in [0.15, 0.2) is 0 Å². The molecule has 8 heteroatoms. The summed E-state index contributed by atoms with van der Waals surface area (Å²) in [4.78, 5) is 0. The van der Waals surface area contributed by atoms with Crippen LogP contribution in [0.5, 0.6) is 11.8 Å². The summed E-state index contributed by atoms with van der Waals surface area (Å²) >= 11 is 12.6. The number of halogens is 3. The van der Waals surface area contributed by atoms with Gasteiger partial charge in [0.05, 0.1) is 39.8 Å². The number of nitrogens with zero attached hydrogens (tertiary/aromatic N) is 4. The zero-order chi connectivity index (χ0) is 24.3. The topological polar surface area (TPSA) is 44.9 Å². The second kappa shape index (κ2) is 8.26. The van der Waals surface area contributed by atoms with Crippen molar-refractivity contribution in [1.82, 2.24) is 19.6 Å². The van der Waals surface area contributed by atoms with Gasteiger partial charge in [0.25, 0.3) is 0 Å². The van der Waals surface area contributed by atoms with Gasteiger partial charge < -0.3 is 4.74 Å². The molecule has 0 amide bonds. The second-order valence-electron chi connectivity index (χ2n) is 8.45. The Hall–Kier alpha value is -3.61. The van der Waals surface area contributed by atoms with E-state index >= 15 is 4.39 Å². The molecule has 174 valence electrons. The lowest BCUT2D eigenvalue weighted by molar-refractivity contribution is 0.391. The Kier molecular flexibility index (Phi) is 5.16. The molecular weight excluding hydrogens is 486 g/mol. The van der Waals surface area contributed by atoms with Crippen LogP contribution >= 0.6 is 23.2 Å². The van der Waals surface area contributed by atoms with Crippen molar-refractivity contribution in [1.29, 1.82) is 0 Å². The van der Waals surface area contributed by atoms with E-state index in [4.69, 9.17) is 38.1 Å². The Balaban J connectivity index is 1.65. The number of ether oxygens (including phenoxy) is 1. The molecule has 0 spiro atoms. The third-order valence-corrected chi connectivity index (χ3v) is 6.69. The molecule has 2 aromatic heterocycles. The summed E-state index contributed by atoms with van der Waals surface area (Å²) < 4.78 is 25.2. The minimum atomic E-state index is -0.462. The molecule has 0 fully saturated rings. The van der Waals surface area contributed by atoms with Crippen LogP contribution < -0.4 is 4.74 Å². The molecule has 0 atom stereocenters. The summed E-state index contributed by atoms with van der Waals surface area (Å²) in [7, 11) is 0. The summed E-state index contributed by atoms with van der Waals surface area (Å²) in [6.07, 6.45) is 0. The Labute approximate surface area is 211 Å². The molecule has 5 aromatic rings. The average Bonchev–Trinajstić information content (AvgIpc) is 3.35. The zero-order valence-corrected chi connectivity index (χ0v) is 20.3. The monoisotopic (exact) mass is 504 g/mol. The predicted octanol–water partition coefficient (Wildman–Crippen LogP) is 7.41. The predicted molar refractivity (Wildman–Crippen MR) is 134 cm³/mol. The molecule has 1 aliphatic rings. The van der Waals surface area contributed by atoms with E-state index in [-0.39, 0.29) is 5.82 Å². The largest absolute Gasteiger partial charge is 0.420 e. The van der Waals surface area contributed by atoms with Crippen LogP contribution in [-0.2, 0) is 0 Å². The van der Waals surface area contributed by atoms with Crippen LogP contribution in [0.1, 0.15) is 34.0 Å². The highest BCUT2D eigenvalue weighted by Crippen LogP contribution is 2.51.